The largest absolute Gasteiger partial charge is 0.294 e. The molecule has 0 heterocycles. The van der Waals surface area contributed by atoms with Crippen molar-refractivity contribution in [2.45, 2.75) is 4.90 Å². The molecular formula is C7H9N3O6S2. The van der Waals surface area contributed by atoms with Gasteiger partial charge in [-0.1, -0.05) is 5.22 Å². The third kappa shape index (κ3) is 5.18. The smallest absolute Gasteiger partial charge is 0.284 e. The molecule has 0 aromatic heterocycles. The van der Waals surface area contributed by atoms with Crippen molar-refractivity contribution < 1.29 is 25.9 Å². The highest BCUT2D eigenvalue weighted by atomic mass is 32.2. The molecule has 0 radical (unpaired) electrons. The van der Waals surface area contributed by atoms with Crippen molar-refractivity contribution in [1.29, 1.82) is 0 Å². The Labute approximate surface area is 103 Å². The van der Waals surface area contributed by atoms with Gasteiger partial charge < -0.3 is 0 Å². The molecule has 0 saturated carbocycles. The summed E-state index contributed by atoms with van der Waals surface area (Å²) in [6.07, 6.45) is 0. The Bertz CT molecular complexity index is 634. The molecule has 0 unspecified atom stereocenters. The van der Waals surface area contributed by atoms with Crippen LogP contribution in [0.2, 0.25) is 0 Å². The summed E-state index contributed by atoms with van der Waals surface area (Å²) in [5, 5.41) is 6.36. The van der Waals surface area contributed by atoms with Crippen molar-refractivity contribution in [2.24, 2.45) is 10.3 Å². The van der Waals surface area contributed by atoms with Gasteiger partial charge in [-0.3, -0.25) is 14.5 Å². The molecule has 0 spiro atoms. The number of hydrogen-bond donors (Lipinski definition) is 3. The van der Waals surface area contributed by atoms with E-state index in [-0.39, 0.29) is 4.90 Å². The summed E-state index contributed by atoms with van der Waals surface area (Å²) in [6.45, 7) is 0. The second kappa shape index (κ2) is 5.39. The molecule has 9 nitrogen and oxygen atoms in total. The first-order valence-electron chi connectivity index (χ1n) is 4.34. The number of hydrogen-bond acceptors (Lipinski definition) is 6. The lowest BCUT2D eigenvalue weighted by Crippen LogP contribution is -2.01. The Morgan fingerprint density at radius 2 is 1.61 bits per heavy atom. The summed E-state index contributed by atoms with van der Waals surface area (Å²) in [7, 11) is -8.48. The minimum absolute atomic E-state index is 0.289. The van der Waals surface area contributed by atoms with Crippen LogP contribution >= 0.6 is 0 Å². The van der Waals surface area contributed by atoms with E-state index in [0.29, 0.717) is 5.69 Å². The van der Waals surface area contributed by atoms with Crippen molar-refractivity contribution >= 4 is 25.9 Å². The Morgan fingerprint density at radius 1 is 1.06 bits per heavy atom. The fourth-order valence-electron chi connectivity index (χ4n) is 0.896. The third-order valence-corrected chi connectivity index (χ3v) is 2.93. The molecule has 0 fully saturated rings. The van der Waals surface area contributed by atoms with E-state index in [9.17, 15) is 16.8 Å². The molecule has 0 saturated heterocycles. The Balaban J connectivity index is 2.66. The maximum absolute atomic E-state index is 10.7. The van der Waals surface area contributed by atoms with Gasteiger partial charge in [-0.15, -0.1) is 0 Å². The first kappa shape index (κ1) is 14.5. The summed E-state index contributed by atoms with van der Waals surface area (Å²) in [5.74, 6) is -0.886. The van der Waals surface area contributed by atoms with Gasteiger partial charge in [0.15, 0.2) is 5.88 Å². The van der Waals surface area contributed by atoms with E-state index >= 15 is 0 Å². The number of rotatable bonds is 5. The summed E-state index contributed by atoms with van der Waals surface area (Å²) < 4.78 is 59.0. The predicted octanol–water partition coefficient (Wildman–Crippen LogP) is 0.558. The number of benzene rings is 1. The molecule has 0 atom stereocenters. The van der Waals surface area contributed by atoms with E-state index in [4.69, 9.17) is 9.11 Å². The van der Waals surface area contributed by atoms with Crippen LogP contribution in [-0.2, 0) is 20.2 Å². The lowest BCUT2D eigenvalue weighted by atomic mass is 10.3. The van der Waals surface area contributed by atoms with Gasteiger partial charge >= 0.3 is 0 Å². The van der Waals surface area contributed by atoms with Gasteiger partial charge in [0.1, 0.15) is 0 Å². The van der Waals surface area contributed by atoms with Crippen LogP contribution in [0.3, 0.4) is 0 Å². The molecule has 0 aliphatic rings. The molecule has 11 heteroatoms. The van der Waals surface area contributed by atoms with Crippen molar-refractivity contribution in [1.82, 2.24) is 0 Å². The van der Waals surface area contributed by atoms with Crippen LogP contribution in [0, 0.1) is 0 Å². The quantitative estimate of drug-likeness (QED) is 0.408. The number of nitrogens with zero attached hydrogens (tertiary/aromatic N) is 2. The summed E-state index contributed by atoms with van der Waals surface area (Å²) in [4.78, 5) is -0.289. The lowest BCUT2D eigenvalue weighted by Gasteiger charge is -2.00. The maximum Gasteiger partial charge on any atom is 0.294 e. The SMILES string of the molecule is O=S(=O)(O)CN=NNc1ccc(S(=O)(=O)O)cc1. The molecule has 1 aromatic rings. The molecule has 0 amide bonds. The highest BCUT2D eigenvalue weighted by Gasteiger charge is 2.08. The first-order valence-corrected chi connectivity index (χ1v) is 7.39. The minimum atomic E-state index is -4.26. The van der Waals surface area contributed by atoms with Gasteiger partial charge in [0.2, 0.25) is 0 Å². The molecule has 0 aliphatic carbocycles. The fraction of sp³-hybridized carbons (Fsp3) is 0.143. The molecule has 100 valence electrons. The van der Waals surface area contributed by atoms with E-state index < -0.39 is 26.1 Å². The van der Waals surface area contributed by atoms with Gasteiger partial charge in [-0.25, -0.2) is 0 Å². The second-order valence-corrected chi connectivity index (χ2v) is 5.91. The molecule has 3 N–H and O–H groups in total. The van der Waals surface area contributed by atoms with Crippen LogP contribution in [0.4, 0.5) is 5.69 Å². The highest BCUT2D eigenvalue weighted by Crippen LogP contribution is 2.13. The van der Waals surface area contributed by atoms with Gasteiger partial charge in [-0.05, 0) is 24.3 Å². The van der Waals surface area contributed by atoms with Crippen molar-refractivity contribution in [3.8, 4) is 0 Å². The molecule has 0 aliphatic heterocycles. The van der Waals surface area contributed by atoms with Crippen molar-refractivity contribution in [2.75, 3.05) is 11.3 Å². The topological polar surface area (TPSA) is 145 Å². The van der Waals surface area contributed by atoms with Crippen LogP contribution in [0.25, 0.3) is 0 Å². The molecule has 0 bridgehead atoms. The fourth-order valence-corrected chi connectivity index (χ4v) is 1.58. The van der Waals surface area contributed by atoms with E-state index in [1.54, 1.807) is 0 Å². The maximum atomic E-state index is 10.7. The minimum Gasteiger partial charge on any atom is -0.284 e. The Kier molecular flexibility index (Phi) is 4.34. The Hall–Kier alpha value is -1.56. The standard InChI is InChI=1S/C7H9N3O6S2/c11-17(12,13)5-8-10-9-6-1-3-7(4-2-6)18(14,15)16/h1-4H,5H2,(H,8,9)(H,11,12,13)(H,14,15,16). The van der Waals surface area contributed by atoms with Crippen molar-refractivity contribution in [3.05, 3.63) is 24.3 Å². The normalized spacial score (nSPS) is 12.8. The summed E-state index contributed by atoms with van der Waals surface area (Å²) in [6, 6.07) is 4.82. The zero-order chi connectivity index (χ0) is 13.8. The average Bonchev–Trinajstić information content (AvgIpc) is 2.22. The van der Waals surface area contributed by atoms with E-state index in [1.807, 2.05) is 0 Å². The number of nitrogens with one attached hydrogen (secondary N) is 1. The lowest BCUT2D eigenvalue weighted by molar-refractivity contribution is 0.480. The van der Waals surface area contributed by atoms with Gasteiger partial charge in [0, 0.05) is 0 Å². The van der Waals surface area contributed by atoms with E-state index in [1.165, 1.54) is 12.1 Å². The number of anilines is 1. The van der Waals surface area contributed by atoms with Gasteiger partial charge in [-0.2, -0.15) is 21.9 Å². The monoisotopic (exact) mass is 295 g/mol. The summed E-state index contributed by atoms with van der Waals surface area (Å²) in [5.41, 5.74) is 2.62. The van der Waals surface area contributed by atoms with E-state index in [0.717, 1.165) is 12.1 Å². The molecule has 1 aromatic carbocycles. The first-order chi connectivity index (χ1) is 8.18. The molecule has 18 heavy (non-hydrogen) atoms. The highest BCUT2D eigenvalue weighted by molar-refractivity contribution is 7.86. The van der Waals surface area contributed by atoms with Crippen molar-refractivity contribution in [3.63, 3.8) is 0 Å². The van der Waals surface area contributed by atoms with Crippen LogP contribution in [0.5, 0.6) is 0 Å². The van der Waals surface area contributed by atoms with Gasteiger partial charge in [0.25, 0.3) is 20.2 Å². The predicted molar refractivity (Wildman–Crippen MR) is 61.2 cm³/mol. The van der Waals surface area contributed by atoms with Crippen LogP contribution in [0.1, 0.15) is 0 Å². The average molecular weight is 295 g/mol. The zero-order valence-electron chi connectivity index (χ0n) is 8.75. The van der Waals surface area contributed by atoms with Crippen LogP contribution < -0.4 is 5.43 Å². The molecular weight excluding hydrogens is 286 g/mol. The van der Waals surface area contributed by atoms with Crippen LogP contribution in [-0.4, -0.2) is 31.8 Å². The zero-order valence-corrected chi connectivity index (χ0v) is 10.4. The van der Waals surface area contributed by atoms with E-state index in [2.05, 4.69) is 15.8 Å². The Morgan fingerprint density at radius 3 is 2.06 bits per heavy atom. The molecule has 1 rings (SSSR count). The van der Waals surface area contributed by atoms with Gasteiger partial charge in [0.05, 0.1) is 10.6 Å². The second-order valence-electron chi connectivity index (χ2n) is 3.06. The summed E-state index contributed by atoms with van der Waals surface area (Å²) >= 11 is 0. The van der Waals surface area contributed by atoms with Crippen LogP contribution in [0.15, 0.2) is 39.5 Å². The third-order valence-electron chi connectivity index (χ3n) is 1.62.